The van der Waals surface area contributed by atoms with E-state index in [1.807, 2.05) is 38.1 Å². The lowest BCUT2D eigenvalue weighted by Gasteiger charge is -2.11. The van der Waals surface area contributed by atoms with E-state index in [2.05, 4.69) is 5.32 Å². The number of nitrogens with one attached hydrogen (secondary N) is 1. The van der Waals surface area contributed by atoms with Gasteiger partial charge in [0.15, 0.2) is 0 Å². The standard InChI is InChI=1S/C18H19NO4/c1-12(2)23-14-9-7-13(8-10-14)11-19-17(20)15-5-3-4-6-16(15)18(21)22/h3-10,12H,11H2,1-2H3,(H,19,20)(H,21,22). The molecule has 0 aliphatic carbocycles. The summed E-state index contributed by atoms with van der Waals surface area (Å²) in [4.78, 5) is 23.3. The second-order valence-corrected chi connectivity index (χ2v) is 5.34. The number of amides is 1. The number of carboxylic acid groups (broad SMARTS) is 1. The van der Waals surface area contributed by atoms with Crippen molar-refractivity contribution in [2.45, 2.75) is 26.5 Å². The molecule has 5 heteroatoms. The number of aromatic carboxylic acids is 1. The minimum atomic E-state index is -1.12. The number of hydrogen-bond donors (Lipinski definition) is 2. The van der Waals surface area contributed by atoms with Crippen molar-refractivity contribution in [1.82, 2.24) is 5.32 Å². The SMILES string of the molecule is CC(C)Oc1ccc(CNC(=O)c2ccccc2C(=O)O)cc1. The average molecular weight is 313 g/mol. The van der Waals surface area contributed by atoms with Gasteiger partial charge in [-0.05, 0) is 43.7 Å². The van der Waals surface area contributed by atoms with Gasteiger partial charge in [-0.2, -0.15) is 0 Å². The van der Waals surface area contributed by atoms with Crippen LogP contribution in [0.4, 0.5) is 0 Å². The van der Waals surface area contributed by atoms with Crippen LogP contribution >= 0.6 is 0 Å². The van der Waals surface area contributed by atoms with Crippen molar-refractivity contribution in [3.8, 4) is 5.75 Å². The van der Waals surface area contributed by atoms with E-state index in [1.165, 1.54) is 12.1 Å². The lowest BCUT2D eigenvalue weighted by molar-refractivity contribution is 0.0691. The van der Waals surface area contributed by atoms with Gasteiger partial charge in [-0.3, -0.25) is 4.79 Å². The first-order valence-electron chi connectivity index (χ1n) is 7.33. The largest absolute Gasteiger partial charge is 0.491 e. The second-order valence-electron chi connectivity index (χ2n) is 5.34. The highest BCUT2D eigenvalue weighted by Gasteiger charge is 2.15. The molecule has 0 aromatic heterocycles. The Morgan fingerprint density at radius 2 is 1.65 bits per heavy atom. The summed E-state index contributed by atoms with van der Waals surface area (Å²) >= 11 is 0. The molecule has 23 heavy (non-hydrogen) atoms. The molecule has 0 spiro atoms. The molecule has 5 nitrogen and oxygen atoms in total. The van der Waals surface area contributed by atoms with Gasteiger partial charge in [-0.15, -0.1) is 0 Å². The molecule has 2 rings (SSSR count). The van der Waals surface area contributed by atoms with Crippen molar-refractivity contribution in [3.05, 3.63) is 65.2 Å². The molecule has 0 aliphatic rings. The van der Waals surface area contributed by atoms with Crippen molar-refractivity contribution < 1.29 is 19.4 Å². The number of benzene rings is 2. The average Bonchev–Trinajstić information content (AvgIpc) is 2.53. The van der Waals surface area contributed by atoms with Crippen LogP contribution in [0.25, 0.3) is 0 Å². The highest BCUT2D eigenvalue weighted by atomic mass is 16.5. The summed E-state index contributed by atoms with van der Waals surface area (Å²) in [5.74, 6) is -0.761. The van der Waals surface area contributed by atoms with E-state index in [9.17, 15) is 9.59 Å². The maximum absolute atomic E-state index is 12.2. The normalized spacial score (nSPS) is 10.4. The third kappa shape index (κ3) is 4.57. The molecule has 0 saturated heterocycles. The summed E-state index contributed by atoms with van der Waals surface area (Å²) in [7, 11) is 0. The predicted octanol–water partition coefficient (Wildman–Crippen LogP) is 3.10. The van der Waals surface area contributed by atoms with E-state index in [4.69, 9.17) is 9.84 Å². The molecule has 0 radical (unpaired) electrons. The zero-order valence-corrected chi connectivity index (χ0v) is 13.1. The van der Waals surface area contributed by atoms with E-state index < -0.39 is 11.9 Å². The van der Waals surface area contributed by atoms with Crippen molar-refractivity contribution >= 4 is 11.9 Å². The van der Waals surface area contributed by atoms with Crippen LogP contribution in [-0.2, 0) is 6.54 Å². The molecule has 0 unspecified atom stereocenters. The van der Waals surface area contributed by atoms with Crippen molar-refractivity contribution in [1.29, 1.82) is 0 Å². The first-order chi connectivity index (χ1) is 11.0. The Hall–Kier alpha value is -2.82. The first kappa shape index (κ1) is 16.5. The molecular formula is C18H19NO4. The summed E-state index contributed by atoms with van der Waals surface area (Å²) in [6.45, 7) is 4.22. The summed E-state index contributed by atoms with van der Waals surface area (Å²) in [5.41, 5.74) is 1.05. The van der Waals surface area contributed by atoms with Crippen LogP contribution in [-0.4, -0.2) is 23.1 Å². The van der Waals surface area contributed by atoms with E-state index in [-0.39, 0.29) is 17.2 Å². The fourth-order valence-electron chi connectivity index (χ4n) is 2.10. The predicted molar refractivity (Wildman–Crippen MR) is 86.8 cm³/mol. The summed E-state index contributed by atoms with van der Waals surface area (Å²) < 4.78 is 5.55. The van der Waals surface area contributed by atoms with Crippen LogP contribution in [0.1, 0.15) is 40.1 Å². The number of ether oxygens (including phenoxy) is 1. The number of hydrogen-bond acceptors (Lipinski definition) is 3. The monoisotopic (exact) mass is 313 g/mol. The Bertz CT molecular complexity index is 692. The Morgan fingerprint density at radius 3 is 2.22 bits per heavy atom. The van der Waals surface area contributed by atoms with Crippen LogP contribution in [0.2, 0.25) is 0 Å². The maximum atomic E-state index is 12.2. The van der Waals surface area contributed by atoms with Gasteiger partial charge < -0.3 is 15.2 Å². The number of carboxylic acids is 1. The highest BCUT2D eigenvalue weighted by Crippen LogP contribution is 2.14. The molecule has 0 atom stereocenters. The van der Waals surface area contributed by atoms with Gasteiger partial charge in [-0.25, -0.2) is 4.79 Å². The van der Waals surface area contributed by atoms with Gasteiger partial charge in [0.05, 0.1) is 17.2 Å². The minimum Gasteiger partial charge on any atom is -0.491 e. The molecule has 0 heterocycles. The van der Waals surface area contributed by atoms with Crippen molar-refractivity contribution in [2.24, 2.45) is 0 Å². The Labute approximate surface area is 134 Å². The molecule has 1 amide bonds. The summed E-state index contributed by atoms with van der Waals surface area (Å²) in [6.07, 6.45) is 0.105. The second kappa shape index (κ2) is 7.45. The number of carbonyl (C=O) groups is 2. The molecule has 0 aliphatic heterocycles. The Kier molecular flexibility index (Phi) is 5.36. The van der Waals surface area contributed by atoms with Crippen molar-refractivity contribution in [3.63, 3.8) is 0 Å². The molecular weight excluding hydrogens is 294 g/mol. The van der Waals surface area contributed by atoms with Gasteiger partial charge in [-0.1, -0.05) is 24.3 Å². The van der Waals surface area contributed by atoms with Crippen LogP contribution in [0.3, 0.4) is 0 Å². The molecule has 0 fully saturated rings. The zero-order chi connectivity index (χ0) is 16.8. The smallest absolute Gasteiger partial charge is 0.336 e. The Balaban J connectivity index is 2.01. The molecule has 2 aromatic rings. The fraction of sp³-hybridized carbons (Fsp3) is 0.222. The maximum Gasteiger partial charge on any atom is 0.336 e. The number of rotatable bonds is 6. The quantitative estimate of drug-likeness (QED) is 0.859. The van der Waals surface area contributed by atoms with Gasteiger partial charge in [0.2, 0.25) is 0 Å². The van der Waals surface area contributed by atoms with E-state index in [1.54, 1.807) is 12.1 Å². The number of carbonyl (C=O) groups excluding carboxylic acids is 1. The van der Waals surface area contributed by atoms with Gasteiger partial charge in [0, 0.05) is 6.54 Å². The Morgan fingerprint density at radius 1 is 1.04 bits per heavy atom. The molecule has 2 aromatic carbocycles. The first-order valence-corrected chi connectivity index (χ1v) is 7.33. The lowest BCUT2D eigenvalue weighted by atomic mass is 10.1. The molecule has 120 valence electrons. The minimum absolute atomic E-state index is 0.00863. The van der Waals surface area contributed by atoms with Gasteiger partial charge in [0.25, 0.3) is 5.91 Å². The zero-order valence-electron chi connectivity index (χ0n) is 13.1. The van der Waals surface area contributed by atoms with E-state index in [0.717, 1.165) is 11.3 Å². The van der Waals surface area contributed by atoms with Crippen LogP contribution in [0, 0.1) is 0 Å². The molecule has 0 bridgehead atoms. The molecule has 2 N–H and O–H groups in total. The lowest BCUT2D eigenvalue weighted by Crippen LogP contribution is -2.24. The van der Waals surface area contributed by atoms with E-state index >= 15 is 0 Å². The fourth-order valence-corrected chi connectivity index (χ4v) is 2.10. The van der Waals surface area contributed by atoms with Crippen LogP contribution in [0.15, 0.2) is 48.5 Å². The third-order valence-electron chi connectivity index (χ3n) is 3.15. The van der Waals surface area contributed by atoms with Gasteiger partial charge >= 0.3 is 5.97 Å². The third-order valence-corrected chi connectivity index (χ3v) is 3.15. The van der Waals surface area contributed by atoms with E-state index in [0.29, 0.717) is 6.54 Å². The van der Waals surface area contributed by atoms with Crippen LogP contribution < -0.4 is 10.1 Å². The van der Waals surface area contributed by atoms with Crippen LogP contribution in [0.5, 0.6) is 5.75 Å². The highest BCUT2D eigenvalue weighted by molar-refractivity contribution is 6.04. The van der Waals surface area contributed by atoms with Gasteiger partial charge in [0.1, 0.15) is 5.75 Å². The topological polar surface area (TPSA) is 75.6 Å². The van der Waals surface area contributed by atoms with Crippen molar-refractivity contribution in [2.75, 3.05) is 0 Å². The summed E-state index contributed by atoms with van der Waals surface area (Å²) in [6, 6.07) is 13.5. The summed E-state index contributed by atoms with van der Waals surface area (Å²) in [5, 5.41) is 11.8. The molecule has 0 saturated carbocycles.